The highest BCUT2D eigenvalue weighted by molar-refractivity contribution is 6.31. The molecule has 0 saturated carbocycles. The van der Waals surface area contributed by atoms with E-state index in [2.05, 4.69) is 0 Å². The Bertz CT molecular complexity index is 635. The lowest BCUT2D eigenvalue weighted by Crippen LogP contribution is -2.12. The zero-order valence-corrected chi connectivity index (χ0v) is 11.7. The van der Waals surface area contributed by atoms with Crippen molar-refractivity contribution in [2.24, 2.45) is 0 Å². The second kappa shape index (κ2) is 6.35. The summed E-state index contributed by atoms with van der Waals surface area (Å²) in [6.07, 6.45) is 0. The highest BCUT2D eigenvalue weighted by atomic mass is 35.5. The summed E-state index contributed by atoms with van der Waals surface area (Å²) in [5, 5.41) is 0.400. The molecular formula is C16H13ClO3. The van der Waals surface area contributed by atoms with E-state index in [4.69, 9.17) is 16.3 Å². The molecule has 4 heteroatoms. The molecule has 0 bridgehead atoms. The Morgan fingerprint density at radius 2 is 1.75 bits per heavy atom. The highest BCUT2D eigenvalue weighted by Gasteiger charge is 2.19. The third kappa shape index (κ3) is 3.06. The number of benzene rings is 2. The van der Waals surface area contributed by atoms with E-state index in [9.17, 15) is 9.59 Å². The number of hydrogen-bond donors (Lipinski definition) is 0. The second-order valence-corrected chi connectivity index (χ2v) is 4.54. The molecule has 2 aromatic rings. The average Bonchev–Trinajstić information content (AvgIpc) is 2.47. The SMILES string of the molecule is CCOC(=O)c1ccc(Cl)cc1C(=O)c1ccccc1. The van der Waals surface area contributed by atoms with E-state index in [-0.39, 0.29) is 23.5 Å². The van der Waals surface area contributed by atoms with Crippen molar-refractivity contribution in [1.29, 1.82) is 0 Å². The summed E-state index contributed by atoms with van der Waals surface area (Å²) in [5.74, 6) is -0.778. The third-order valence-corrected chi connectivity index (χ3v) is 2.99. The Morgan fingerprint density at radius 3 is 2.40 bits per heavy atom. The fourth-order valence-corrected chi connectivity index (χ4v) is 2.01. The normalized spacial score (nSPS) is 10.1. The Morgan fingerprint density at radius 1 is 1.05 bits per heavy atom. The van der Waals surface area contributed by atoms with Gasteiger partial charge in [-0.15, -0.1) is 0 Å². The van der Waals surface area contributed by atoms with Crippen molar-refractivity contribution in [3.63, 3.8) is 0 Å². The van der Waals surface area contributed by atoms with Crippen molar-refractivity contribution in [3.05, 3.63) is 70.2 Å². The molecule has 102 valence electrons. The lowest BCUT2D eigenvalue weighted by Gasteiger charge is -2.08. The Balaban J connectivity index is 2.47. The fraction of sp³-hybridized carbons (Fsp3) is 0.125. The number of esters is 1. The number of ketones is 1. The highest BCUT2D eigenvalue weighted by Crippen LogP contribution is 2.20. The van der Waals surface area contributed by atoms with Gasteiger partial charge in [0.05, 0.1) is 12.2 Å². The molecule has 2 rings (SSSR count). The second-order valence-electron chi connectivity index (χ2n) is 4.11. The van der Waals surface area contributed by atoms with Gasteiger partial charge < -0.3 is 4.74 Å². The van der Waals surface area contributed by atoms with Gasteiger partial charge in [0.15, 0.2) is 5.78 Å². The molecular weight excluding hydrogens is 276 g/mol. The van der Waals surface area contributed by atoms with Crippen LogP contribution in [0.3, 0.4) is 0 Å². The molecule has 0 heterocycles. The monoisotopic (exact) mass is 288 g/mol. The molecule has 20 heavy (non-hydrogen) atoms. The molecule has 2 aromatic carbocycles. The van der Waals surface area contributed by atoms with E-state index in [1.807, 2.05) is 6.07 Å². The van der Waals surface area contributed by atoms with Crippen LogP contribution in [0.1, 0.15) is 33.2 Å². The van der Waals surface area contributed by atoms with Crippen LogP contribution < -0.4 is 0 Å². The maximum atomic E-state index is 12.5. The maximum absolute atomic E-state index is 12.5. The first-order chi connectivity index (χ1) is 9.63. The summed E-state index contributed by atoms with van der Waals surface area (Å²) in [6, 6.07) is 13.3. The minimum absolute atomic E-state index is 0.227. The number of carbonyl (C=O) groups excluding carboxylic acids is 2. The molecule has 3 nitrogen and oxygen atoms in total. The molecule has 0 radical (unpaired) electrons. The van der Waals surface area contributed by atoms with E-state index < -0.39 is 5.97 Å². The van der Waals surface area contributed by atoms with Gasteiger partial charge in [-0.25, -0.2) is 4.79 Å². The predicted octanol–water partition coefficient (Wildman–Crippen LogP) is 3.75. The van der Waals surface area contributed by atoms with Crippen molar-refractivity contribution >= 4 is 23.4 Å². The van der Waals surface area contributed by atoms with Crippen LogP contribution in [0.4, 0.5) is 0 Å². The van der Waals surface area contributed by atoms with Gasteiger partial charge in [0.2, 0.25) is 0 Å². The van der Waals surface area contributed by atoms with Gasteiger partial charge in [-0.1, -0.05) is 41.9 Å². The van der Waals surface area contributed by atoms with Crippen molar-refractivity contribution in [3.8, 4) is 0 Å². The molecule has 0 N–H and O–H groups in total. The summed E-state index contributed by atoms with van der Waals surface area (Å²) >= 11 is 5.93. The van der Waals surface area contributed by atoms with E-state index in [0.717, 1.165) is 0 Å². The summed E-state index contributed by atoms with van der Waals surface area (Å²) in [5.41, 5.74) is 0.979. The maximum Gasteiger partial charge on any atom is 0.338 e. The van der Waals surface area contributed by atoms with Crippen LogP contribution in [0.5, 0.6) is 0 Å². The summed E-state index contributed by atoms with van der Waals surface area (Å²) in [7, 11) is 0. The van der Waals surface area contributed by atoms with Gasteiger partial charge in [-0.2, -0.15) is 0 Å². The van der Waals surface area contributed by atoms with Crippen molar-refractivity contribution in [1.82, 2.24) is 0 Å². The fourth-order valence-electron chi connectivity index (χ4n) is 1.84. The van der Waals surface area contributed by atoms with Crippen molar-refractivity contribution in [2.75, 3.05) is 6.61 Å². The van der Waals surface area contributed by atoms with Crippen molar-refractivity contribution < 1.29 is 14.3 Å². The minimum atomic E-state index is -0.525. The summed E-state index contributed by atoms with van der Waals surface area (Å²) < 4.78 is 4.96. The van der Waals surface area contributed by atoms with Crippen LogP contribution in [-0.2, 0) is 4.74 Å². The number of rotatable bonds is 4. The number of ether oxygens (including phenoxy) is 1. The molecule has 0 aliphatic heterocycles. The molecule has 0 amide bonds. The Hall–Kier alpha value is -2.13. The molecule has 0 fully saturated rings. The number of carbonyl (C=O) groups is 2. The van der Waals surface area contributed by atoms with Crippen LogP contribution in [-0.4, -0.2) is 18.4 Å². The summed E-state index contributed by atoms with van der Waals surface area (Å²) in [6.45, 7) is 1.97. The Kier molecular flexibility index (Phi) is 4.53. The predicted molar refractivity (Wildman–Crippen MR) is 77.3 cm³/mol. The first kappa shape index (κ1) is 14.3. The van der Waals surface area contributed by atoms with Gasteiger partial charge in [0.1, 0.15) is 0 Å². The molecule has 0 aliphatic rings. The van der Waals surface area contributed by atoms with Crippen LogP contribution >= 0.6 is 11.6 Å². The molecule has 0 spiro atoms. The molecule has 0 aliphatic carbocycles. The molecule has 0 saturated heterocycles. The van der Waals surface area contributed by atoms with Crippen LogP contribution in [0, 0.1) is 0 Å². The van der Waals surface area contributed by atoms with Gasteiger partial charge in [-0.05, 0) is 25.1 Å². The van der Waals surface area contributed by atoms with E-state index in [0.29, 0.717) is 10.6 Å². The molecule has 0 aromatic heterocycles. The lowest BCUT2D eigenvalue weighted by molar-refractivity contribution is 0.0523. The van der Waals surface area contributed by atoms with Gasteiger partial charge in [0, 0.05) is 16.1 Å². The van der Waals surface area contributed by atoms with E-state index in [1.165, 1.54) is 12.1 Å². The first-order valence-corrected chi connectivity index (χ1v) is 6.57. The van der Waals surface area contributed by atoms with Gasteiger partial charge >= 0.3 is 5.97 Å². The zero-order valence-electron chi connectivity index (χ0n) is 10.9. The van der Waals surface area contributed by atoms with Gasteiger partial charge in [0.25, 0.3) is 0 Å². The number of halogens is 1. The third-order valence-electron chi connectivity index (χ3n) is 2.76. The zero-order chi connectivity index (χ0) is 14.5. The van der Waals surface area contributed by atoms with Gasteiger partial charge in [-0.3, -0.25) is 4.79 Å². The number of hydrogen-bond acceptors (Lipinski definition) is 3. The standard InChI is InChI=1S/C16H13ClO3/c1-2-20-16(19)13-9-8-12(17)10-14(13)15(18)11-6-4-3-5-7-11/h3-10H,2H2,1H3. The van der Waals surface area contributed by atoms with Crippen LogP contribution in [0.15, 0.2) is 48.5 Å². The lowest BCUT2D eigenvalue weighted by atomic mass is 9.98. The van der Waals surface area contributed by atoms with Crippen molar-refractivity contribution in [2.45, 2.75) is 6.92 Å². The van der Waals surface area contributed by atoms with E-state index in [1.54, 1.807) is 37.3 Å². The van der Waals surface area contributed by atoms with Crippen LogP contribution in [0.2, 0.25) is 5.02 Å². The largest absolute Gasteiger partial charge is 0.462 e. The quantitative estimate of drug-likeness (QED) is 0.636. The van der Waals surface area contributed by atoms with Crippen LogP contribution in [0.25, 0.3) is 0 Å². The minimum Gasteiger partial charge on any atom is -0.462 e. The summed E-state index contributed by atoms with van der Waals surface area (Å²) in [4.78, 5) is 24.4. The Labute approximate surface area is 122 Å². The molecule has 0 atom stereocenters. The first-order valence-electron chi connectivity index (χ1n) is 6.20. The van der Waals surface area contributed by atoms with E-state index >= 15 is 0 Å². The average molecular weight is 289 g/mol. The molecule has 0 unspecified atom stereocenters. The topological polar surface area (TPSA) is 43.4 Å². The smallest absolute Gasteiger partial charge is 0.338 e.